The number of benzene rings is 2. The van der Waals surface area contributed by atoms with Gasteiger partial charge in [-0.2, -0.15) is 4.31 Å². The molecule has 0 bridgehead atoms. The van der Waals surface area contributed by atoms with Crippen molar-refractivity contribution in [3.05, 3.63) is 59.4 Å². The number of alkyl halides is 1. The molecule has 2 aromatic carbocycles. The number of aliphatic hydroxyl groups excluding tert-OH is 1. The number of carbonyl (C=O) groups is 1. The Hall–Kier alpha value is -2.50. The van der Waals surface area contributed by atoms with E-state index >= 15 is 0 Å². The Balaban J connectivity index is 1.87. The average Bonchev–Trinajstić information content (AvgIpc) is 2.92. The number of anilines is 1. The number of amides is 1. The molecule has 1 heterocycles. The van der Waals surface area contributed by atoms with Gasteiger partial charge in [-0.15, -0.1) is 0 Å². The van der Waals surface area contributed by atoms with E-state index in [4.69, 9.17) is 0 Å². The summed E-state index contributed by atoms with van der Waals surface area (Å²) in [6.45, 7) is -1.24. The van der Waals surface area contributed by atoms with Crippen LogP contribution in [0.5, 0.6) is 0 Å². The minimum Gasteiger partial charge on any atom is -0.391 e. The van der Waals surface area contributed by atoms with Crippen molar-refractivity contribution in [1.82, 2.24) is 4.31 Å². The van der Waals surface area contributed by atoms with Gasteiger partial charge in [-0.3, -0.25) is 9.18 Å². The van der Waals surface area contributed by atoms with E-state index in [1.807, 2.05) is 0 Å². The number of nitrogens with zero attached hydrogens (tertiary/aromatic N) is 1. The lowest BCUT2D eigenvalue weighted by molar-refractivity contribution is 0.0830. The van der Waals surface area contributed by atoms with Gasteiger partial charge in [0.2, 0.25) is 10.0 Å². The molecule has 1 amide bonds. The number of halogens is 4. The smallest absolute Gasteiger partial charge is 0.255 e. The maximum Gasteiger partial charge on any atom is 0.255 e. The second-order valence-electron chi connectivity index (χ2n) is 7.22. The predicted molar refractivity (Wildman–Crippen MR) is 104 cm³/mol. The fourth-order valence-corrected chi connectivity index (χ4v) is 4.91. The molecule has 0 aromatic heterocycles. The van der Waals surface area contributed by atoms with Crippen molar-refractivity contribution in [3.63, 3.8) is 0 Å². The van der Waals surface area contributed by atoms with E-state index in [0.717, 1.165) is 40.7 Å². The number of hydrogen-bond acceptors (Lipinski definition) is 4. The Labute approximate surface area is 176 Å². The van der Waals surface area contributed by atoms with Crippen molar-refractivity contribution in [2.24, 2.45) is 5.92 Å². The van der Waals surface area contributed by atoms with E-state index in [1.165, 1.54) is 0 Å². The molecule has 1 saturated heterocycles. The molecular formula is C20H20F4N2O4S. The summed E-state index contributed by atoms with van der Waals surface area (Å²) in [5.74, 6) is -4.98. The lowest BCUT2D eigenvalue weighted by Gasteiger charge is -2.23. The maximum absolute atomic E-state index is 14.4. The van der Waals surface area contributed by atoms with Crippen molar-refractivity contribution in [1.29, 1.82) is 0 Å². The average molecular weight is 460 g/mol. The molecule has 31 heavy (non-hydrogen) atoms. The van der Waals surface area contributed by atoms with Gasteiger partial charge in [0.25, 0.3) is 5.91 Å². The van der Waals surface area contributed by atoms with Gasteiger partial charge in [0.1, 0.15) is 10.7 Å². The molecule has 0 aliphatic carbocycles. The summed E-state index contributed by atoms with van der Waals surface area (Å²) < 4.78 is 80.6. The molecule has 2 atom stereocenters. The number of hydrogen-bond donors (Lipinski definition) is 2. The van der Waals surface area contributed by atoms with Gasteiger partial charge in [-0.05, 0) is 43.2 Å². The second kappa shape index (κ2) is 9.33. The molecule has 1 fully saturated rings. The van der Waals surface area contributed by atoms with Crippen LogP contribution in [0.15, 0.2) is 41.3 Å². The molecule has 6 nitrogen and oxygen atoms in total. The van der Waals surface area contributed by atoms with Crippen LogP contribution in [0.2, 0.25) is 0 Å². The first kappa shape index (κ1) is 23.2. The zero-order valence-electron chi connectivity index (χ0n) is 16.2. The first-order valence-corrected chi connectivity index (χ1v) is 10.9. The zero-order chi connectivity index (χ0) is 22.8. The Morgan fingerprint density at radius 3 is 2.48 bits per heavy atom. The predicted octanol–water partition coefficient (Wildman–Crippen LogP) is 3.09. The molecule has 2 N–H and O–H groups in total. The summed E-state index contributed by atoms with van der Waals surface area (Å²) in [4.78, 5) is 11.6. The Morgan fingerprint density at radius 1 is 1.10 bits per heavy atom. The van der Waals surface area contributed by atoms with Crippen LogP contribution in [0.25, 0.3) is 0 Å². The molecule has 3 rings (SSSR count). The van der Waals surface area contributed by atoms with Crippen LogP contribution in [0, 0.1) is 23.4 Å². The molecule has 0 saturated carbocycles. The fourth-order valence-electron chi connectivity index (χ4n) is 3.33. The monoisotopic (exact) mass is 460 g/mol. The first-order valence-electron chi connectivity index (χ1n) is 9.43. The number of sulfonamides is 1. The fraction of sp³-hybridized carbons (Fsp3) is 0.350. The van der Waals surface area contributed by atoms with Crippen LogP contribution in [0.4, 0.5) is 23.2 Å². The van der Waals surface area contributed by atoms with Crippen LogP contribution < -0.4 is 5.32 Å². The van der Waals surface area contributed by atoms with E-state index in [-0.39, 0.29) is 30.6 Å². The minimum atomic E-state index is -4.44. The van der Waals surface area contributed by atoms with Crippen molar-refractivity contribution >= 4 is 21.6 Å². The minimum absolute atomic E-state index is 0.0411. The molecule has 2 aromatic rings. The standard InChI is InChI=1S/C20H20F4N2O4S/c21-10-13-2-1-7-26(11-18(13)27)31(29,30)19-8-12(3-5-16(19)23)20(28)25-14-4-6-15(22)17(24)9-14/h3-6,8-9,13,18,27H,1-2,7,10-11H2,(H,25,28)/t13?,18-/m0/s1. The lowest BCUT2D eigenvalue weighted by Crippen LogP contribution is -2.39. The van der Waals surface area contributed by atoms with Gasteiger partial charge >= 0.3 is 0 Å². The van der Waals surface area contributed by atoms with Gasteiger partial charge in [0.05, 0.1) is 12.8 Å². The van der Waals surface area contributed by atoms with E-state index in [0.29, 0.717) is 0 Å². The highest BCUT2D eigenvalue weighted by Crippen LogP contribution is 2.26. The summed E-state index contributed by atoms with van der Waals surface area (Å²) in [6, 6.07) is 5.32. The summed E-state index contributed by atoms with van der Waals surface area (Å²) >= 11 is 0. The molecule has 0 radical (unpaired) electrons. The van der Waals surface area contributed by atoms with E-state index in [9.17, 15) is 35.9 Å². The Morgan fingerprint density at radius 2 is 1.81 bits per heavy atom. The van der Waals surface area contributed by atoms with Gasteiger partial charge in [-0.25, -0.2) is 21.6 Å². The summed E-state index contributed by atoms with van der Waals surface area (Å²) in [6.07, 6.45) is -0.684. The second-order valence-corrected chi connectivity index (χ2v) is 9.12. The molecule has 1 unspecified atom stereocenters. The number of carbonyl (C=O) groups excluding carboxylic acids is 1. The van der Waals surface area contributed by atoms with Crippen LogP contribution in [0.1, 0.15) is 23.2 Å². The number of rotatable bonds is 5. The third-order valence-corrected chi connectivity index (χ3v) is 6.98. The highest BCUT2D eigenvalue weighted by Gasteiger charge is 2.34. The molecular weight excluding hydrogens is 440 g/mol. The van der Waals surface area contributed by atoms with Gasteiger partial charge in [0, 0.05) is 36.3 Å². The molecule has 0 spiro atoms. The highest BCUT2D eigenvalue weighted by atomic mass is 32.2. The molecule has 168 valence electrons. The normalized spacial score (nSPS) is 20.3. The zero-order valence-corrected chi connectivity index (χ0v) is 17.0. The first-order chi connectivity index (χ1) is 14.6. The SMILES string of the molecule is O=C(Nc1ccc(F)c(F)c1)c1ccc(F)c(S(=O)(=O)N2CCCC(CF)[C@@H](O)C2)c1. The maximum atomic E-state index is 14.4. The Kier molecular flexibility index (Phi) is 6.97. The van der Waals surface area contributed by atoms with E-state index in [2.05, 4.69) is 5.32 Å². The third-order valence-electron chi connectivity index (χ3n) is 5.10. The topological polar surface area (TPSA) is 86.7 Å². The van der Waals surface area contributed by atoms with Gasteiger partial charge < -0.3 is 10.4 Å². The van der Waals surface area contributed by atoms with Crippen molar-refractivity contribution in [2.45, 2.75) is 23.8 Å². The number of β-amino-alcohol motifs (C(OH)–C–C–N with tert-alkyl or cyclic N) is 1. The van der Waals surface area contributed by atoms with Gasteiger partial charge in [-0.1, -0.05) is 0 Å². The van der Waals surface area contributed by atoms with Crippen molar-refractivity contribution < 1.29 is 35.9 Å². The highest BCUT2D eigenvalue weighted by molar-refractivity contribution is 7.89. The number of aliphatic hydroxyl groups is 1. The summed E-state index contributed by atoms with van der Waals surface area (Å²) in [5.41, 5.74) is -0.313. The lowest BCUT2D eigenvalue weighted by atomic mass is 10.00. The summed E-state index contributed by atoms with van der Waals surface area (Å²) in [5, 5.41) is 12.4. The quantitative estimate of drug-likeness (QED) is 0.672. The van der Waals surface area contributed by atoms with Gasteiger partial charge in [0.15, 0.2) is 11.6 Å². The van der Waals surface area contributed by atoms with E-state index in [1.54, 1.807) is 0 Å². The molecule has 1 aliphatic rings. The van der Waals surface area contributed by atoms with E-state index < -0.39 is 63.5 Å². The molecule has 11 heteroatoms. The van der Waals surface area contributed by atoms with Crippen LogP contribution in [0.3, 0.4) is 0 Å². The largest absolute Gasteiger partial charge is 0.391 e. The third kappa shape index (κ3) is 5.05. The summed E-state index contributed by atoms with van der Waals surface area (Å²) in [7, 11) is -4.44. The van der Waals surface area contributed by atoms with Crippen LogP contribution >= 0.6 is 0 Å². The Bertz CT molecular complexity index is 1080. The van der Waals surface area contributed by atoms with Crippen molar-refractivity contribution in [3.8, 4) is 0 Å². The van der Waals surface area contributed by atoms with Crippen molar-refractivity contribution in [2.75, 3.05) is 25.1 Å². The van der Waals surface area contributed by atoms with Crippen LogP contribution in [-0.4, -0.2) is 49.6 Å². The number of nitrogens with one attached hydrogen (secondary N) is 1. The van der Waals surface area contributed by atoms with Crippen LogP contribution in [-0.2, 0) is 10.0 Å². The molecule has 1 aliphatic heterocycles.